The molecule has 2 bridgehead atoms. The number of nitrogens with one attached hydrogen (secondary N) is 2. The molecule has 14 N–H and O–H groups in total. The molecule has 4 fully saturated rings. The van der Waals surface area contributed by atoms with Crippen molar-refractivity contribution in [1.29, 1.82) is 0 Å². The standard InChI is InChI=1S/C34H44N16O24P4S/c1-46-11-49(26-17(46)28(55)45-33(37)43-26)31-20(53)21(65-2)13(70-31)5-67-76(57,58)73-78(61,62)74-77(59,60)68-7-34-6-50(79(3,63)64)16(29(71-34)47-9-40-14-23(35)38-8-39-24(14)47)22(34)72-75(56)66-4-12-18(51)19(52)30(69-12)48-10-41-15-25(48)42-32(36)44-27(15)54/h8-13,16,18-22,29-31,51-53H,4-7H2,1-3H3,(H9-2,35,36,37,38,39,42,43,44,45,54,55,57,58,59,60,61,62)/p+2/t12-,13-,16+,18?,19+,20?,21+,22?,29-,30-,31-,34-/m1/s1. The number of aliphatic hydroxyl groups excluding tert-OH is 3. The van der Waals surface area contributed by atoms with Crippen molar-refractivity contribution < 1.29 is 107 Å². The van der Waals surface area contributed by atoms with E-state index in [-0.39, 0.29) is 51.2 Å². The number of anilines is 3. The fourth-order valence-corrected chi connectivity index (χ4v) is 15.1. The molecule has 6 aromatic rings. The zero-order valence-electron chi connectivity index (χ0n) is 40.4. The van der Waals surface area contributed by atoms with Crippen molar-refractivity contribution in [2.24, 2.45) is 7.05 Å². The predicted molar refractivity (Wildman–Crippen MR) is 255 cm³/mol. The number of hydrogen-bond donors (Lipinski definition) is 11. The molecule has 0 aliphatic carbocycles. The third kappa shape index (κ3) is 10.7. The number of nitrogens with zero attached hydrogens (tertiary/aromatic N) is 11. The fourth-order valence-electron chi connectivity index (χ4n) is 9.56. The second-order valence-electron chi connectivity index (χ2n) is 18.0. The van der Waals surface area contributed by atoms with Gasteiger partial charge in [-0.15, -0.1) is 9.05 Å². The van der Waals surface area contributed by atoms with Gasteiger partial charge in [0.25, 0.3) is 17.1 Å². The number of rotatable bonds is 20. The van der Waals surface area contributed by atoms with E-state index in [1.54, 1.807) is 0 Å². The van der Waals surface area contributed by atoms with Crippen molar-refractivity contribution in [3.63, 3.8) is 0 Å². The second-order valence-corrected chi connectivity index (χ2v) is 25.5. The summed E-state index contributed by atoms with van der Waals surface area (Å²) in [6, 6.07) is -1.63. The minimum Gasteiger partial charge on any atom is -0.387 e. The van der Waals surface area contributed by atoms with E-state index in [4.69, 9.17) is 54.2 Å². The lowest BCUT2D eigenvalue weighted by atomic mass is 10.0. The van der Waals surface area contributed by atoms with Crippen LogP contribution in [0.15, 0.2) is 34.9 Å². The number of H-pyrrole nitrogens is 2. The van der Waals surface area contributed by atoms with Crippen LogP contribution in [0.25, 0.3) is 33.5 Å². The molecule has 10 heterocycles. The number of ether oxygens (including phenoxy) is 4. The van der Waals surface area contributed by atoms with Crippen molar-refractivity contribution in [3.05, 3.63) is 46.0 Å². The highest BCUT2D eigenvalue weighted by Crippen LogP contribution is 2.68. The first kappa shape index (κ1) is 57.0. The largest absolute Gasteiger partial charge is 0.697 e. The van der Waals surface area contributed by atoms with Gasteiger partial charge in [0.2, 0.25) is 27.7 Å². The van der Waals surface area contributed by atoms with Crippen molar-refractivity contribution in [1.82, 2.24) is 57.9 Å². The minimum atomic E-state index is -6.25. The van der Waals surface area contributed by atoms with Crippen LogP contribution in [0.1, 0.15) is 18.7 Å². The molecule has 0 spiro atoms. The van der Waals surface area contributed by atoms with Crippen LogP contribution in [-0.2, 0) is 81.0 Å². The van der Waals surface area contributed by atoms with Gasteiger partial charge in [0, 0.05) is 18.2 Å². The molecule has 0 radical (unpaired) electrons. The second kappa shape index (κ2) is 20.6. The van der Waals surface area contributed by atoms with Crippen LogP contribution in [0.3, 0.4) is 0 Å². The van der Waals surface area contributed by atoms with Crippen LogP contribution in [0.2, 0.25) is 0 Å². The normalized spacial score (nSPS) is 30.8. The maximum Gasteiger partial charge on any atom is 0.697 e. The Morgan fingerprint density at radius 1 is 0.848 bits per heavy atom. The number of nitrogens with two attached hydrogens (primary N) is 3. The number of nitrogen functional groups attached to an aromatic ring is 3. The zero-order chi connectivity index (χ0) is 57.1. The van der Waals surface area contributed by atoms with E-state index in [9.17, 15) is 66.3 Å². The molecule has 0 amide bonds. The Bertz CT molecular complexity index is 3790. The predicted octanol–water partition coefficient (Wildman–Crippen LogP) is -4.50. The summed E-state index contributed by atoms with van der Waals surface area (Å²) in [5.74, 6) is -0.720. The molecule has 430 valence electrons. The van der Waals surface area contributed by atoms with Gasteiger partial charge >= 0.3 is 37.4 Å². The van der Waals surface area contributed by atoms with Crippen molar-refractivity contribution in [2.45, 2.75) is 73.1 Å². The number of aromatic amines is 2. The smallest absolute Gasteiger partial charge is 0.387 e. The molecule has 4 aliphatic heterocycles. The number of aryl methyl sites for hydroxylation is 1. The number of methoxy groups -OCH3 is 1. The van der Waals surface area contributed by atoms with E-state index >= 15 is 0 Å². The Hall–Kier alpha value is -5.29. The fraction of sp³-hybridized carbons (Fsp3) is 0.559. The van der Waals surface area contributed by atoms with Crippen LogP contribution in [0.5, 0.6) is 0 Å². The number of fused-ring (bicyclic) bond motifs is 5. The van der Waals surface area contributed by atoms with E-state index in [2.05, 4.69) is 48.5 Å². The van der Waals surface area contributed by atoms with E-state index in [1.165, 1.54) is 22.5 Å². The van der Waals surface area contributed by atoms with Gasteiger partial charge in [-0.2, -0.15) is 17.9 Å². The Balaban J connectivity index is 0.844. The Kier molecular flexibility index (Phi) is 14.9. The van der Waals surface area contributed by atoms with Crippen LogP contribution in [-0.4, -0.2) is 190 Å². The van der Waals surface area contributed by atoms with E-state index in [0.29, 0.717) is 0 Å². The highest BCUT2D eigenvalue weighted by Gasteiger charge is 2.71. The third-order valence-corrected chi connectivity index (χ3v) is 19.1. The van der Waals surface area contributed by atoms with Crippen LogP contribution in [0, 0.1) is 0 Å². The van der Waals surface area contributed by atoms with Gasteiger partial charge in [0.1, 0.15) is 66.7 Å². The maximum atomic E-state index is 13.8. The zero-order valence-corrected chi connectivity index (χ0v) is 44.8. The van der Waals surface area contributed by atoms with Gasteiger partial charge in [0.05, 0.1) is 39.2 Å². The molecule has 4 saturated heterocycles. The first-order valence-corrected chi connectivity index (χ1v) is 29.8. The first-order valence-electron chi connectivity index (χ1n) is 22.4. The van der Waals surface area contributed by atoms with Crippen LogP contribution in [0.4, 0.5) is 17.7 Å². The molecule has 40 nitrogen and oxygen atoms in total. The summed E-state index contributed by atoms with van der Waals surface area (Å²) in [6.07, 6.45) is -10.4. The molecule has 45 heteroatoms. The molecule has 79 heavy (non-hydrogen) atoms. The van der Waals surface area contributed by atoms with Crippen molar-refractivity contribution in [2.75, 3.05) is 56.9 Å². The summed E-state index contributed by atoms with van der Waals surface area (Å²) in [7, 11) is -23.5. The minimum absolute atomic E-state index is 0.00206. The number of sulfonamides is 1. The molecule has 6 aromatic heterocycles. The van der Waals surface area contributed by atoms with Gasteiger partial charge in [0.15, 0.2) is 47.5 Å². The van der Waals surface area contributed by atoms with E-state index in [0.717, 1.165) is 45.8 Å². The maximum absolute atomic E-state index is 13.8. The summed E-state index contributed by atoms with van der Waals surface area (Å²) >= 11 is 0. The summed E-state index contributed by atoms with van der Waals surface area (Å²) in [5.41, 5.74) is 13.2. The Morgan fingerprint density at radius 2 is 1.51 bits per heavy atom. The average molecular weight is 1220 g/mol. The number of morpholine rings is 1. The summed E-state index contributed by atoms with van der Waals surface area (Å²) in [5, 5.41) is 33.0. The average Bonchev–Trinajstić information content (AvgIpc) is 3.54. The Labute approximate surface area is 439 Å². The molecule has 7 unspecified atom stereocenters. The van der Waals surface area contributed by atoms with Gasteiger partial charge in [-0.25, -0.2) is 46.6 Å². The first-order chi connectivity index (χ1) is 37.0. The highest BCUT2D eigenvalue weighted by molar-refractivity contribution is 7.88. The molecule has 0 aromatic carbocycles. The van der Waals surface area contributed by atoms with E-state index < -0.39 is 152 Å². The lowest BCUT2D eigenvalue weighted by molar-refractivity contribution is -0.745. The molecular weight excluding hydrogens is 1170 g/mol. The summed E-state index contributed by atoms with van der Waals surface area (Å²) in [4.78, 5) is 85.6. The topological polar surface area (TPSA) is 559 Å². The SMILES string of the molecule is CO[C@@H]1C(O)[C@H]([n+]2cn(C)c3c(=O)[nH]c(N)nc32)O[C@@H]1COP(=O)(O)OP(=O)(O)OP(=O)(O)OC[C@]12CN(S(C)(=O)=O)[C@@H](C1O[P+](=O)OC[C@H]1O[C@@H](n3cnc4c(=O)[nH]c(N)nc43)[C@@H](O)C1O)[C@H](n1cnc3c(N)ncnc31)O2. The van der Waals surface area contributed by atoms with Crippen molar-refractivity contribution in [3.8, 4) is 0 Å². The summed E-state index contributed by atoms with van der Waals surface area (Å²) in [6.45, 7) is -4.04. The lowest BCUT2D eigenvalue weighted by Crippen LogP contribution is -2.49. The lowest BCUT2D eigenvalue weighted by Gasteiger charge is -2.35. The monoisotopic (exact) mass is 1220 g/mol. The van der Waals surface area contributed by atoms with Gasteiger partial charge in [-0.1, -0.05) is 4.98 Å². The molecule has 16 atom stereocenters. The van der Waals surface area contributed by atoms with Gasteiger partial charge < -0.3 is 66.1 Å². The molecule has 4 aliphatic rings. The van der Waals surface area contributed by atoms with Crippen LogP contribution >= 0.6 is 31.7 Å². The highest BCUT2D eigenvalue weighted by atomic mass is 32.2. The van der Waals surface area contributed by atoms with Crippen LogP contribution < -0.4 is 32.9 Å². The number of aromatic nitrogens is 12. The number of imidazole rings is 3. The van der Waals surface area contributed by atoms with Gasteiger partial charge in [-0.05, 0) is 0 Å². The number of hydrogen-bond acceptors (Lipinski definition) is 30. The van der Waals surface area contributed by atoms with Gasteiger partial charge in [-0.3, -0.25) is 42.3 Å². The van der Waals surface area contributed by atoms with E-state index in [1.807, 2.05) is 0 Å². The van der Waals surface area contributed by atoms with Crippen molar-refractivity contribution >= 4 is 93.0 Å². The molecular formula is C34H46N16O24P4S+2. The third-order valence-electron chi connectivity index (χ3n) is 12.9. The number of phosphoric acid groups is 3. The Morgan fingerprint density at radius 3 is 2.20 bits per heavy atom. The number of phosphoric ester groups is 2. The summed E-state index contributed by atoms with van der Waals surface area (Å²) < 4.78 is 139. The quantitative estimate of drug-likeness (QED) is 0.0253. The molecule has 10 rings (SSSR count). The molecule has 0 saturated carbocycles. The number of aliphatic hydroxyl groups is 3.